The van der Waals surface area contributed by atoms with E-state index < -0.39 is 0 Å². The molecule has 5 heteroatoms. The van der Waals surface area contributed by atoms with E-state index in [1.807, 2.05) is 17.1 Å². The summed E-state index contributed by atoms with van der Waals surface area (Å²) in [6.07, 6.45) is 8.02. The number of nitrogens with two attached hydrogens (primary N) is 1. The average molecular weight is 243 g/mol. The summed E-state index contributed by atoms with van der Waals surface area (Å²) in [4.78, 5) is 9.02. The number of hydrogen-bond acceptors (Lipinski definition) is 4. The second kappa shape index (κ2) is 4.40. The molecule has 2 heterocycles. The normalized spacial score (nSPS) is 13.8. The van der Waals surface area contributed by atoms with Gasteiger partial charge in [-0.15, -0.1) is 0 Å². The molecule has 0 saturated heterocycles. The first-order chi connectivity index (χ1) is 8.78. The number of hydrogen-bond donors (Lipinski definition) is 1. The average Bonchev–Trinajstić information content (AvgIpc) is 2.97. The van der Waals surface area contributed by atoms with Crippen molar-refractivity contribution < 1.29 is 0 Å². The minimum Gasteiger partial charge on any atom is -0.383 e. The fourth-order valence-electron chi connectivity index (χ4n) is 2.42. The van der Waals surface area contributed by atoms with Crippen LogP contribution in [0.25, 0.3) is 11.4 Å². The highest BCUT2D eigenvalue weighted by molar-refractivity contribution is 5.57. The summed E-state index contributed by atoms with van der Waals surface area (Å²) in [5, 5.41) is 4.30. The highest BCUT2D eigenvalue weighted by Crippen LogP contribution is 2.27. The van der Waals surface area contributed by atoms with E-state index in [1.165, 1.54) is 0 Å². The Morgan fingerprint density at radius 1 is 1.33 bits per heavy atom. The molecule has 3 rings (SSSR count). The smallest absolute Gasteiger partial charge is 0.164 e. The number of anilines is 1. The van der Waals surface area contributed by atoms with Crippen LogP contribution in [0.2, 0.25) is 0 Å². The van der Waals surface area contributed by atoms with Crippen LogP contribution in [0.15, 0.2) is 12.4 Å². The van der Waals surface area contributed by atoms with Gasteiger partial charge in [0.25, 0.3) is 0 Å². The standard InChI is InChI=1S/C13H17N5/c1-2-6-18-8-9(7-15-18)13-16-11-5-3-4-10(11)12(14)17-13/h7-8H,2-6H2,1H3,(H2,14,16,17). The maximum absolute atomic E-state index is 6.00. The van der Waals surface area contributed by atoms with Gasteiger partial charge in [-0.05, 0) is 25.7 Å². The van der Waals surface area contributed by atoms with Crippen LogP contribution in [-0.2, 0) is 19.4 Å². The fraction of sp³-hybridized carbons (Fsp3) is 0.462. The van der Waals surface area contributed by atoms with Crippen LogP contribution >= 0.6 is 0 Å². The summed E-state index contributed by atoms with van der Waals surface area (Å²) >= 11 is 0. The first kappa shape index (κ1) is 11.2. The topological polar surface area (TPSA) is 69.6 Å². The Morgan fingerprint density at radius 2 is 2.22 bits per heavy atom. The van der Waals surface area contributed by atoms with Gasteiger partial charge in [-0.1, -0.05) is 6.92 Å². The maximum atomic E-state index is 6.00. The van der Waals surface area contributed by atoms with Gasteiger partial charge < -0.3 is 5.73 Å². The van der Waals surface area contributed by atoms with Gasteiger partial charge in [-0.3, -0.25) is 4.68 Å². The van der Waals surface area contributed by atoms with Crippen LogP contribution < -0.4 is 5.73 Å². The number of aryl methyl sites for hydroxylation is 2. The number of nitrogen functional groups attached to an aromatic ring is 1. The Morgan fingerprint density at radius 3 is 3.06 bits per heavy atom. The van der Waals surface area contributed by atoms with E-state index in [9.17, 15) is 0 Å². The fourth-order valence-corrected chi connectivity index (χ4v) is 2.42. The van der Waals surface area contributed by atoms with Gasteiger partial charge >= 0.3 is 0 Å². The Balaban J connectivity index is 1.98. The van der Waals surface area contributed by atoms with Crippen molar-refractivity contribution in [1.82, 2.24) is 19.7 Å². The van der Waals surface area contributed by atoms with Crippen molar-refractivity contribution in [2.45, 2.75) is 39.2 Å². The molecule has 0 aromatic carbocycles. The Labute approximate surface area is 106 Å². The Hall–Kier alpha value is -1.91. The second-order valence-corrected chi connectivity index (χ2v) is 4.70. The molecule has 1 aliphatic rings. The van der Waals surface area contributed by atoms with Crippen LogP contribution in [0.1, 0.15) is 31.0 Å². The summed E-state index contributed by atoms with van der Waals surface area (Å²) in [7, 11) is 0. The van der Waals surface area contributed by atoms with Gasteiger partial charge in [-0.25, -0.2) is 9.97 Å². The third kappa shape index (κ3) is 1.85. The van der Waals surface area contributed by atoms with Gasteiger partial charge in [0.2, 0.25) is 0 Å². The van der Waals surface area contributed by atoms with E-state index in [2.05, 4.69) is 22.0 Å². The Kier molecular flexibility index (Phi) is 2.74. The molecule has 0 atom stereocenters. The zero-order valence-corrected chi connectivity index (χ0v) is 10.6. The predicted molar refractivity (Wildman–Crippen MR) is 70.0 cm³/mol. The summed E-state index contributed by atoms with van der Waals surface area (Å²) in [5.41, 5.74) is 9.20. The predicted octanol–water partition coefficient (Wildman–Crippen LogP) is 1.82. The first-order valence-corrected chi connectivity index (χ1v) is 6.46. The molecule has 0 aliphatic heterocycles. The van der Waals surface area contributed by atoms with E-state index in [1.54, 1.807) is 0 Å². The van der Waals surface area contributed by atoms with Gasteiger partial charge in [0, 0.05) is 24.0 Å². The van der Waals surface area contributed by atoms with E-state index >= 15 is 0 Å². The molecular formula is C13H17N5. The molecule has 1 aliphatic carbocycles. The van der Waals surface area contributed by atoms with Crippen LogP contribution in [-0.4, -0.2) is 19.7 Å². The molecule has 0 radical (unpaired) electrons. The van der Waals surface area contributed by atoms with Crippen LogP contribution in [0.5, 0.6) is 0 Å². The lowest BCUT2D eigenvalue weighted by Gasteiger charge is -2.04. The SMILES string of the molecule is CCCn1cc(-c2nc(N)c3c(n2)CCC3)cn1. The summed E-state index contributed by atoms with van der Waals surface area (Å²) in [6, 6.07) is 0. The molecule has 0 spiro atoms. The summed E-state index contributed by atoms with van der Waals surface area (Å²) in [5.74, 6) is 1.34. The molecule has 2 N–H and O–H groups in total. The van der Waals surface area contributed by atoms with Crippen molar-refractivity contribution >= 4 is 5.82 Å². The number of rotatable bonds is 3. The lowest BCUT2D eigenvalue weighted by molar-refractivity contribution is 0.603. The largest absolute Gasteiger partial charge is 0.383 e. The quantitative estimate of drug-likeness (QED) is 0.892. The highest BCUT2D eigenvalue weighted by Gasteiger charge is 2.18. The van der Waals surface area contributed by atoms with Gasteiger partial charge in [-0.2, -0.15) is 5.10 Å². The monoisotopic (exact) mass is 243 g/mol. The minimum atomic E-state index is 0.635. The van der Waals surface area contributed by atoms with Crippen molar-refractivity contribution in [3.63, 3.8) is 0 Å². The van der Waals surface area contributed by atoms with Crippen molar-refractivity contribution in [2.24, 2.45) is 0 Å². The van der Waals surface area contributed by atoms with E-state index in [0.29, 0.717) is 11.6 Å². The van der Waals surface area contributed by atoms with Crippen molar-refractivity contribution in [2.75, 3.05) is 5.73 Å². The molecule has 0 unspecified atom stereocenters. The van der Waals surface area contributed by atoms with Crippen LogP contribution in [0, 0.1) is 0 Å². The third-order valence-electron chi connectivity index (χ3n) is 3.31. The molecule has 2 aromatic heterocycles. The molecular weight excluding hydrogens is 226 g/mol. The lowest BCUT2D eigenvalue weighted by atomic mass is 10.2. The molecule has 0 saturated carbocycles. The van der Waals surface area contributed by atoms with Gasteiger partial charge in [0.1, 0.15) is 5.82 Å². The van der Waals surface area contributed by atoms with E-state index in [4.69, 9.17) is 5.73 Å². The molecule has 0 bridgehead atoms. The lowest BCUT2D eigenvalue weighted by Crippen LogP contribution is -2.02. The molecule has 0 fully saturated rings. The summed E-state index contributed by atoms with van der Waals surface area (Å²) < 4.78 is 1.92. The zero-order valence-electron chi connectivity index (χ0n) is 10.6. The number of nitrogens with zero attached hydrogens (tertiary/aromatic N) is 4. The molecule has 94 valence electrons. The van der Waals surface area contributed by atoms with Crippen molar-refractivity contribution in [1.29, 1.82) is 0 Å². The van der Waals surface area contributed by atoms with E-state index in [-0.39, 0.29) is 0 Å². The maximum Gasteiger partial charge on any atom is 0.164 e. The number of fused-ring (bicyclic) bond motifs is 1. The second-order valence-electron chi connectivity index (χ2n) is 4.70. The van der Waals surface area contributed by atoms with Gasteiger partial charge in [0.15, 0.2) is 5.82 Å². The van der Waals surface area contributed by atoms with Crippen LogP contribution in [0.3, 0.4) is 0 Å². The third-order valence-corrected chi connectivity index (χ3v) is 3.31. The highest BCUT2D eigenvalue weighted by atomic mass is 15.3. The minimum absolute atomic E-state index is 0.635. The van der Waals surface area contributed by atoms with E-state index in [0.717, 1.165) is 49.0 Å². The Bertz CT molecular complexity index is 573. The van der Waals surface area contributed by atoms with Crippen molar-refractivity contribution in [3.8, 4) is 11.4 Å². The van der Waals surface area contributed by atoms with Crippen molar-refractivity contribution in [3.05, 3.63) is 23.7 Å². The molecule has 18 heavy (non-hydrogen) atoms. The van der Waals surface area contributed by atoms with Gasteiger partial charge in [0.05, 0.1) is 11.8 Å². The summed E-state index contributed by atoms with van der Waals surface area (Å²) in [6.45, 7) is 3.05. The molecule has 5 nitrogen and oxygen atoms in total. The number of aromatic nitrogens is 4. The molecule has 0 amide bonds. The zero-order chi connectivity index (χ0) is 12.5. The van der Waals surface area contributed by atoms with Crippen LogP contribution in [0.4, 0.5) is 5.82 Å². The first-order valence-electron chi connectivity index (χ1n) is 6.46. The molecule has 2 aromatic rings.